The zero-order valence-electron chi connectivity index (χ0n) is 24.9. The summed E-state index contributed by atoms with van der Waals surface area (Å²) >= 11 is 0. The number of nitrogens with zero attached hydrogens (tertiary/aromatic N) is 3. The van der Waals surface area contributed by atoms with Gasteiger partial charge in [0.2, 0.25) is 0 Å². The zero-order chi connectivity index (χ0) is 28.9. The van der Waals surface area contributed by atoms with Crippen molar-refractivity contribution in [1.82, 2.24) is 9.78 Å². The molecule has 38 heavy (non-hydrogen) atoms. The number of carbonyl (C=O) groups excluding carboxylic acids is 1. The fourth-order valence-corrected chi connectivity index (χ4v) is 3.80. The average Bonchev–Trinajstić information content (AvgIpc) is 3.22. The lowest BCUT2D eigenvalue weighted by Crippen LogP contribution is -2.27. The highest BCUT2D eigenvalue weighted by atomic mass is 19.3. The van der Waals surface area contributed by atoms with Gasteiger partial charge in [0.25, 0.3) is 0 Å². The number of aromatic nitrogens is 2. The molecule has 2 aromatic rings. The van der Waals surface area contributed by atoms with E-state index in [9.17, 15) is 13.6 Å². The summed E-state index contributed by atoms with van der Waals surface area (Å²) in [6.07, 6.45) is 3.31. The van der Waals surface area contributed by atoms with Crippen LogP contribution in [0.25, 0.3) is 5.69 Å². The Kier molecular flexibility index (Phi) is 13.8. The van der Waals surface area contributed by atoms with Gasteiger partial charge in [-0.15, -0.1) is 0 Å². The third-order valence-corrected chi connectivity index (χ3v) is 5.79. The first-order valence-corrected chi connectivity index (χ1v) is 13.9. The van der Waals surface area contributed by atoms with Crippen LogP contribution in [0.2, 0.25) is 0 Å². The molecule has 0 N–H and O–H groups in total. The van der Waals surface area contributed by atoms with Gasteiger partial charge in [0.05, 0.1) is 5.69 Å². The molecule has 0 saturated carbocycles. The number of anilines is 1. The van der Waals surface area contributed by atoms with Crippen LogP contribution in [0.15, 0.2) is 30.3 Å². The molecule has 6 nitrogen and oxygen atoms in total. The number of carbonyl (C=O) groups is 1. The molecular weight excluding hydrogens is 488 g/mol. The molecule has 8 heteroatoms. The van der Waals surface area contributed by atoms with E-state index < -0.39 is 6.11 Å². The molecule has 0 saturated heterocycles. The van der Waals surface area contributed by atoms with Crippen molar-refractivity contribution in [3.8, 4) is 11.4 Å². The van der Waals surface area contributed by atoms with Crippen molar-refractivity contribution in [3.63, 3.8) is 0 Å². The van der Waals surface area contributed by atoms with Crippen molar-refractivity contribution in [2.24, 2.45) is 5.92 Å². The van der Waals surface area contributed by atoms with Crippen molar-refractivity contribution in [2.45, 2.75) is 113 Å². The molecule has 0 aliphatic rings. The molecule has 1 unspecified atom stereocenters. The van der Waals surface area contributed by atoms with Gasteiger partial charge in [0, 0.05) is 38.7 Å². The van der Waals surface area contributed by atoms with Gasteiger partial charge in [-0.05, 0) is 76.6 Å². The maximum atomic E-state index is 13.1. The van der Waals surface area contributed by atoms with Crippen molar-refractivity contribution in [2.75, 3.05) is 18.0 Å². The van der Waals surface area contributed by atoms with Gasteiger partial charge >= 0.3 is 12.1 Å². The largest absolute Gasteiger partial charge is 0.460 e. The summed E-state index contributed by atoms with van der Waals surface area (Å²) in [6.45, 7) is 18.5. The topological polar surface area (TPSA) is 56.6 Å². The minimum absolute atomic E-state index is 0.148. The smallest absolute Gasteiger partial charge is 0.394 e. The number of hydrogen-bond donors (Lipinski definition) is 0. The number of unbranched alkanes of at least 4 members (excludes halogenated alkanes) is 1. The molecule has 0 radical (unpaired) electrons. The number of esters is 1. The Morgan fingerprint density at radius 2 is 1.68 bits per heavy atom. The van der Waals surface area contributed by atoms with Gasteiger partial charge in [-0.1, -0.05) is 40.5 Å². The van der Waals surface area contributed by atoms with Crippen molar-refractivity contribution in [3.05, 3.63) is 36.0 Å². The Bertz CT molecular complexity index is 947. The molecule has 1 aromatic heterocycles. The van der Waals surface area contributed by atoms with Gasteiger partial charge < -0.3 is 14.4 Å². The second-order valence-corrected chi connectivity index (χ2v) is 10.9. The Labute approximate surface area is 228 Å². The fourth-order valence-electron chi connectivity index (χ4n) is 3.80. The third-order valence-electron chi connectivity index (χ3n) is 5.79. The van der Waals surface area contributed by atoms with Crippen LogP contribution in [0, 0.1) is 5.92 Å². The second kappa shape index (κ2) is 15.7. The maximum absolute atomic E-state index is 13.1. The van der Waals surface area contributed by atoms with E-state index in [1.54, 1.807) is 24.3 Å². The highest BCUT2D eigenvalue weighted by Gasteiger charge is 2.23. The van der Waals surface area contributed by atoms with Crippen LogP contribution in [0.4, 0.5) is 14.6 Å². The molecule has 0 spiro atoms. The summed E-state index contributed by atoms with van der Waals surface area (Å²) in [5.74, 6) is 1.61. The second-order valence-electron chi connectivity index (χ2n) is 10.9. The number of rotatable bonds is 13. The van der Waals surface area contributed by atoms with Crippen LogP contribution in [0.3, 0.4) is 0 Å². The fraction of sp³-hybridized carbons (Fsp3) is 0.667. The number of benzene rings is 1. The van der Waals surface area contributed by atoms with E-state index >= 15 is 0 Å². The first-order valence-electron chi connectivity index (χ1n) is 13.9. The summed E-state index contributed by atoms with van der Waals surface area (Å²) in [4.78, 5) is 12.6. The molecule has 0 aliphatic heterocycles. The van der Waals surface area contributed by atoms with Gasteiger partial charge in [-0.25, -0.2) is 4.68 Å². The van der Waals surface area contributed by atoms with Crippen LogP contribution in [-0.2, 0) is 16.0 Å². The highest BCUT2D eigenvalue weighted by Crippen LogP contribution is 2.25. The Balaban J connectivity index is 0.000000781. The maximum Gasteiger partial charge on any atom is 0.394 e. The van der Waals surface area contributed by atoms with E-state index in [0.29, 0.717) is 5.92 Å². The Hall–Kier alpha value is -2.64. The van der Waals surface area contributed by atoms with E-state index in [1.165, 1.54) is 13.3 Å². The molecule has 0 aliphatic carbocycles. The molecule has 216 valence electrons. The molecule has 1 aromatic carbocycles. The minimum atomic E-state index is -3.19. The zero-order valence-corrected chi connectivity index (χ0v) is 24.9. The summed E-state index contributed by atoms with van der Waals surface area (Å²) < 4.78 is 37.6. The lowest BCUT2D eigenvalue weighted by Gasteiger charge is -2.23. The number of alkyl halides is 2. The molecule has 0 bridgehead atoms. The summed E-state index contributed by atoms with van der Waals surface area (Å²) in [5.41, 5.74) is 1.68. The van der Waals surface area contributed by atoms with E-state index in [-0.39, 0.29) is 17.3 Å². The Morgan fingerprint density at radius 1 is 1.05 bits per heavy atom. The molecular formula is C30H49F2N3O3. The normalized spacial score (nSPS) is 12.4. The van der Waals surface area contributed by atoms with Gasteiger partial charge in [0.1, 0.15) is 11.4 Å². The molecule has 0 fully saturated rings. The SMILES string of the molecule is CC(=O)OC(C)(C)C.CCCCc1cc(N(CCC)CCC(C)CC)nn1-c1ccc(OC(C)(F)F)cc1. The van der Waals surface area contributed by atoms with Crippen LogP contribution >= 0.6 is 0 Å². The first kappa shape index (κ1) is 33.4. The molecule has 1 atom stereocenters. The summed E-state index contributed by atoms with van der Waals surface area (Å²) in [7, 11) is 0. The highest BCUT2D eigenvalue weighted by molar-refractivity contribution is 5.66. The molecule has 1 heterocycles. The van der Waals surface area contributed by atoms with E-state index in [4.69, 9.17) is 9.84 Å². The van der Waals surface area contributed by atoms with Crippen molar-refractivity contribution >= 4 is 11.8 Å². The van der Waals surface area contributed by atoms with Crippen LogP contribution in [0.1, 0.15) is 100 Å². The minimum Gasteiger partial charge on any atom is -0.460 e. The monoisotopic (exact) mass is 537 g/mol. The average molecular weight is 538 g/mol. The number of ether oxygens (including phenoxy) is 2. The van der Waals surface area contributed by atoms with E-state index in [2.05, 4.69) is 43.4 Å². The van der Waals surface area contributed by atoms with Gasteiger partial charge in [-0.2, -0.15) is 13.9 Å². The van der Waals surface area contributed by atoms with Crippen molar-refractivity contribution in [1.29, 1.82) is 0 Å². The molecule has 2 rings (SSSR count). The predicted molar refractivity (Wildman–Crippen MR) is 152 cm³/mol. The quantitative estimate of drug-likeness (QED) is 0.241. The number of aryl methyl sites for hydroxylation is 1. The van der Waals surface area contributed by atoms with Crippen LogP contribution < -0.4 is 9.64 Å². The van der Waals surface area contributed by atoms with Crippen molar-refractivity contribution < 1.29 is 23.0 Å². The summed E-state index contributed by atoms with van der Waals surface area (Å²) in [5, 5.41) is 4.91. The predicted octanol–water partition coefficient (Wildman–Crippen LogP) is 8.21. The van der Waals surface area contributed by atoms with Gasteiger partial charge in [0.15, 0.2) is 5.82 Å². The van der Waals surface area contributed by atoms with Gasteiger partial charge in [-0.3, -0.25) is 4.79 Å². The third kappa shape index (κ3) is 13.2. The van der Waals surface area contributed by atoms with Crippen LogP contribution in [-0.4, -0.2) is 40.5 Å². The first-order chi connectivity index (χ1) is 17.7. The Morgan fingerprint density at radius 3 is 2.13 bits per heavy atom. The lowest BCUT2D eigenvalue weighted by molar-refractivity contribution is -0.159. The number of halogens is 2. The van der Waals surface area contributed by atoms with E-state index in [0.717, 1.165) is 69.3 Å². The lowest BCUT2D eigenvalue weighted by atomic mass is 10.1. The standard InChI is InChI=1S/C24H37F2N3O.C6H12O2/c1-6-9-10-21-18-23(28(16-7-2)17-15-19(4)8-3)27-29(21)20-11-13-22(14-12-20)30-24(5,25)26;1-5(7)8-6(2,3)4/h11-14,18-19H,6-10,15-17H2,1-5H3;1-4H3. The number of hydrogen-bond acceptors (Lipinski definition) is 5. The van der Waals surface area contributed by atoms with E-state index in [1.807, 2.05) is 25.5 Å². The molecule has 0 amide bonds. The summed E-state index contributed by atoms with van der Waals surface area (Å²) in [6, 6.07) is 8.91. The van der Waals surface area contributed by atoms with Crippen LogP contribution in [0.5, 0.6) is 5.75 Å².